The molecule has 2 aromatic heterocycles. The highest BCUT2D eigenvalue weighted by atomic mass is 19.4. The third-order valence-electron chi connectivity index (χ3n) is 6.06. The second-order valence-corrected chi connectivity index (χ2v) is 8.45. The topological polar surface area (TPSA) is 69.2 Å². The van der Waals surface area contributed by atoms with Gasteiger partial charge in [-0.2, -0.15) is 13.2 Å². The molecule has 2 saturated carbocycles. The third kappa shape index (κ3) is 4.17. The van der Waals surface area contributed by atoms with E-state index in [4.69, 9.17) is 5.73 Å². The molecule has 6 nitrogen and oxygen atoms in total. The van der Waals surface area contributed by atoms with Crippen molar-refractivity contribution in [3.05, 3.63) is 24.3 Å². The zero-order valence-corrected chi connectivity index (χ0v) is 16.1. The van der Waals surface area contributed by atoms with E-state index in [-0.39, 0.29) is 29.6 Å². The molecule has 1 saturated heterocycles. The van der Waals surface area contributed by atoms with Crippen LogP contribution in [0.1, 0.15) is 30.6 Å². The number of alkyl halides is 6. The van der Waals surface area contributed by atoms with Gasteiger partial charge in [-0.1, -0.05) is 0 Å². The minimum atomic E-state index is -4.90. The molecule has 3 atom stereocenters. The highest BCUT2D eigenvalue weighted by molar-refractivity contribution is 5.64. The summed E-state index contributed by atoms with van der Waals surface area (Å²) in [4.78, 5) is 9.84. The molecule has 3 heterocycles. The molecule has 0 unspecified atom stereocenters. The number of piperidine rings is 1. The van der Waals surface area contributed by atoms with Gasteiger partial charge in [0, 0.05) is 43.0 Å². The molecule has 2 N–H and O–H groups in total. The van der Waals surface area contributed by atoms with E-state index in [0.29, 0.717) is 24.3 Å². The Balaban J connectivity index is 1.38. The van der Waals surface area contributed by atoms with Crippen molar-refractivity contribution in [1.29, 1.82) is 0 Å². The number of imidazole rings is 1. The molecule has 12 heteroatoms. The molecule has 0 spiro atoms. The lowest BCUT2D eigenvalue weighted by molar-refractivity contribution is -0.274. The Kier molecular flexibility index (Phi) is 4.44. The maximum atomic E-state index is 12.7. The summed E-state index contributed by atoms with van der Waals surface area (Å²) in [5, 5.41) is 0. The van der Waals surface area contributed by atoms with Gasteiger partial charge in [0.15, 0.2) is 11.6 Å². The summed E-state index contributed by atoms with van der Waals surface area (Å²) >= 11 is 0. The minimum Gasteiger partial charge on any atom is -0.402 e. The molecule has 31 heavy (non-hydrogen) atoms. The van der Waals surface area contributed by atoms with E-state index in [1.165, 1.54) is 11.1 Å². The lowest BCUT2D eigenvalue weighted by Crippen LogP contribution is -2.34. The Morgan fingerprint density at radius 2 is 1.77 bits per heavy atom. The highest BCUT2D eigenvalue weighted by Crippen LogP contribution is 2.57. The van der Waals surface area contributed by atoms with Gasteiger partial charge in [0.05, 0.1) is 12.2 Å². The van der Waals surface area contributed by atoms with E-state index in [9.17, 15) is 26.3 Å². The van der Waals surface area contributed by atoms with Crippen molar-refractivity contribution < 1.29 is 31.1 Å². The Labute approximate surface area is 173 Å². The van der Waals surface area contributed by atoms with E-state index in [2.05, 4.69) is 14.7 Å². The zero-order valence-electron chi connectivity index (χ0n) is 16.1. The van der Waals surface area contributed by atoms with E-state index < -0.39 is 24.8 Å². The number of hydrogen-bond acceptors (Lipinski definition) is 5. The van der Waals surface area contributed by atoms with Crippen LogP contribution in [0.15, 0.2) is 18.5 Å². The fraction of sp³-hybridized carbons (Fsp3) is 0.579. The van der Waals surface area contributed by atoms with Crippen molar-refractivity contribution >= 4 is 5.82 Å². The molecule has 2 aliphatic carbocycles. The van der Waals surface area contributed by atoms with Crippen LogP contribution in [0.5, 0.6) is 5.75 Å². The maximum Gasteiger partial charge on any atom is 0.573 e. The monoisotopic (exact) mass is 447 g/mol. The number of ether oxygens (including phenoxy) is 1. The Morgan fingerprint density at radius 1 is 1.10 bits per heavy atom. The first-order valence-electron chi connectivity index (χ1n) is 9.88. The molecule has 3 fully saturated rings. The minimum absolute atomic E-state index is 0.0639. The summed E-state index contributed by atoms with van der Waals surface area (Å²) in [6, 6.07) is 1.21. The van der Waals surface area contributed by atoms with E-state index in [1.54, 1.807) is 6.20 Å². The maximum absolute atomic E-state index is 12.7. The van der Waals surface area contributed by atoms with Crippen LogP contribution in [-0.2, 0) is 0 Å². The number of rotatable bonds is 5. The van der Waals surface area contributed by atoms with Gasteiger partial charge >= 0.3 is 12.5 Å². The SMILES string of the molecule is Nc1ncc(-c2cn([C@@H]3[C@@H]4CN(CC(F)(F)F)C[C@@H]43)c(C3CC3)n2)cc1OC(F)(F)F. The smallest absolute Gasteiger partial charge is 0.402 e. The van der Waals surface area contributed by atoms with Gasteiger partial charge in [-0.3, -0.25) is 4.90 Å². The zero-order chi connectivity index (χ0) is 22.1. The first-order chi connectivity index (χ1) is 14.5. The summed E-state index contributed by atoms with van der Waals surface area (Å²) in [5.41, 5.74) is 6.27. The van der Waals surface area contributed by atoms with Crippen LogP contribution < -0.4 is 10.5 Å². The molecule has 0 radical (unpaired) electrons. The first-order valence-corrected chi connectivity index (χ1v) is 9.88. The molecule has 5 rings (SSSR count). The molecule has 2 aromatic rings. The predicted molar refractivity (Wildman–Crippen MR) is 97.0 cm³/mol. The predicted octanol–water partition coefficient (Wildman–Crippen LogP) is 3.97. The number of halogens is 6. The summed E-state index contributed by atoms with van der Waals surface area (Å²) in [5.74, 6) is 0.343. The lowest BCUT2D eigenvalue weighted by atomic mass is 10.2. The highest BCUT2D eigenvalue weighted by Gasteiger charge is 2.58. The van der Waals surface area contributed by atoms with Crippen molar-refractivity contribution in [2.75, 3.05) is 25.4 Å². The van der Waals surface area contributed by atoms with Crippen LogP contribution >= 0.6 is 0 Å². The van der Waals surface area contributed by atoms with Gasteiger partial charge in [0.1, 0.15) is 5.82 Å². The summed E-state index contributed by atoms with van der Waals surface area (Å²) in [6.07, 6.45) is -4.11. The van der Waals surface area contributed by atoms with Crippen LogP contribution in [0.4, 0.5) is 32.2 Å². The normalized spacial score (nSPS) is 26.2. The number of nitrogens with two attached hydrogens (primary N) is 1. The van der Waals surface area contributed by atoms with Crippen molar-refractivity contribution in [2.45, 2.75) is 37.3 Å². The lowest BCUT2D eigenvalue weighted by Gasteiger charge is -2.21. The number of nitrogen functional groups attached to an aromatic ring is 1. The third-order valence-corrected chi connectivity index (χ3v) is 6.06. The summed E-state index contributed by atoms with van der Waals surface area (Å²) in [7, 11) is 0. The van der Waals surface area contributed by atoms with Gasteiger partial charge in [-0.05, 0) is 30.7 Å². The van der Waals surface area contributed by atoms with E-state index in [0.717, 1.165) is 24.7 Å². The molecular formula is C19H19F6N5O. The molecule has 3 aliphatic rings. The second-order valence-electron chi connectivity index (χ2n) is 8.45. The van der Waals surface area contributed by atoms with E-state index in [1.807, 2.05) is 4.57 Å². The molecule has 168 valence electrons. The number of aromatic nitrogens is 3. The summed E-state index contributed by atoms with van der Waals surface area (Å²) in [6.45, 7) is -0.157. The Bertz CT molecular complexity index is 987. The number of fused-ring (bicyclic) bond motifs is 1. The largest absolute Gasteiger partial charge is 0.573 e. The second kappa shape index (κ2) is 6.75. The van der Waals surface area contributed by atoms with Gasteiger partial charge in [-0.25, -0.2) is 9.97 Å². The fourth-order valence-electron chi connectivity index (χ4n) is 4.61. The van der Waals surface area contributed by atoms with Crippen molar-refractivity contribution in [2.24, 2.45) is 11.8 Å². The number of likely N-dealkylation sites (tertiary alicyclic amines) is 1. The van der Waals surface area contributed by atoms with E-state index >= 15 is 0 Å². The van der Waals surface area contributed by atoms with Crippen molar-refractivity contribution in [1.82, 2.24) is 19.4 Å². The van der Waals surface area contributed by atoms with Crippen molar-refractivity contribution in [3.63, 3.8) is 0 Å². The van der Waals surface area contributed by atoms with Crippen LogP contribution in [0.2, 0.25) is 0 Å². The molecule has 0 bridgehead atoms. The van der Waals surface area contributed by atoms with Crippen LogP contribution in [-0.4, -0.2) is 51.6 Å². The Morgan fingerprint density at radius 3 is 2.35 bits per heavy atom. The fourth-order valence-corrected chi connectivity index (χ4v) is 4.61. The van der Waals surface area contributed by atoms with Crippen molar-refractivity contribution in [3.8, 4) is 17.0 Å². The van der Waals surface area contributed by atoms with Crippen LogP contribution in [0.3, 0.4) is 0 Å². The number of nitrogens with zero attached hydrogens (tertiary/aromatic N) is 4. The Hall–Kier alpha value is -2.50. The average molecular weight is 447 g/mol. The average Bonchev–Trinajstić information content (AvgIpc) is 3.50. The van der Waals surface area contributed by atoms with Crippen LogP contribution in [0.25, 0.3) is 11.3 Å². The molecule has 0 aromatic carbocycles. The number of anilines is 1. The first kappa shape index (κ1) is 20.4. The summed E-state index contributed by atoms with van der Waals surface area (Å²) < 4.78 is 81.8. The number of hydrogen-bond donors (Lipinski definition) is 1. The standard InChI is InChI=1S/C19H19F6N5O/c20-18(21,22)8-29-5-11-12(6-29)15(11)30-7-13(28-17(30)9-1-2-9)10-3-14(16(26)27-4-10)31-19(23,24)25/h3-4,7,9,11-12,15H,1-2,5-6,8H2,(H2,26,27)/t11-,12+,15-. The molecular weight excluding hydrogens is 428 g/mol. The van der Waals surface area contributed by atoms with Gasteiger partial charge < -0.3 is 15.0 Å². The quantitative estimate of drug-likeness (QED) is 0.703. The van der Waals surface area contributed by atoms with Gasteiger partial charge in [0.2, 0.25) is 0 Å². The number of pyridine rings is 1. The van der Waals surface area contributed by atoms with Crippen LogP contribution in [0, 0.1) is 11.8 Å². The van der Waals surface area contributed by atoms with Gasteiger partial charge in [0.25, 0.3) is 0 Å². The molecule has 0 amide bonds. The molecule has 1 aliphatic heterocycles. The van der Waals surface area contributed by atoms with Gasteiger partial charge in [-0.15, -0.1) is 13.2 Å².